The van der Waals surface area contributed by atoms with Crippen LogP contribution in [0, 0.1) is 0 Å². The molecule has 1 fully saturated rings. The van der Waals surface area contributed by atoms with Crippen LogP contribution in [0.1, 0.15) is 10.4 Å². The highest BCUT2D eigenvalue weighted by Crippen LogP contribution is 2.24. The van der Waals surface area contributed by atoms with Gasteiger partial charge in [-0.2, -0.15) is 4.98 Å². The molecule has 3 aromatic heterocycles. The zero-order valence-corrected chi connectivity index (χ0v) is 16.6. The van der Waals surface area contributed by atoms with E-state index in [0.717, 1.165) is 11.1 Å². The molecule has 0 amide bonds. The Morgan fingerprint density at radius 1 is 1.06 bits per heavy atom. The quantitative estimate of drug-likeness (QED) is 0.540. The van der Waals surface area contributed by atoms with Crippen molar-refractivity contribution in [1.82, 2.24) is 14.5 Å². The predicted molar refractivity (Wildman–Crippen MR) is 118 cm³/mol. The van der Waals surface area contributed by atoms with Crippen molar-refractivity contribution in [1.29, 1.82) is 0 Å². The second kappa shape index (κ2) is 7.28. The van der Waals surface area contributed by atoms with Crippen LogP contribution in [0.2, 0.25) is 0 Å². The molecule has 31 heavy (non-hydrogen) atoms. The van der Waals surface area contributed by atoms with E-state index in [1.165, 1.54) is 17.0 Å². The number of pyridine rings is 2. The highest BCUT2D eigenvalue weighted by atomic mass is 16.4. The Labute approximate surface area is 176 Å². The Morgan fingerprint density at radius 3 is 2.52 bits per heavy atom. The SMILES string of the molecule is C=Cn1cc(C(=O)O)c(=O)c2ccc(N3CCN(c4nc5ccccc5o4)CC3)nc21. The first-order valence-corrected chi connectivity index (χ1v) is 9.82. The number of rotatable bonds is 4. The number of nitrogens with zero attached hydrogens (tertiary/aromatic N) is 5. The maximum absolute atomic E-state index is 12.5. The number of carboxylic acids is 1. The molecule has 1 aromatic carbocycles. The van der Waals surface area contributed by atoms with Crippen LogP contribution >= 0.6 is 0 Å². The molecule has 156 valence electrons. The second-order valence-corrected chi connectivity index (χ2v) is 7.25. The predicted octanol–water partition coefficient (Wildman–Crippen LogP) is 2.66. The molecule has 1 N–H and O–H groups in total. The highest BCUT2D eigenvalue weighted by Gasteiger charge is 2.23. The van der Waals surface area contributed by atoms with Crippen molar-refractivity contribution < 1.29 is 14.3 Å². The first kappa shape index (κ1) is 18.9. The van der Waals surface area contributed by atoms with Crippen molar-refractivity contribution in [3.05, 3.63) is 65.0 Å². The van der Waals surface area contributed by atoms with Crippen LogP contribution in [0.3, 0.4) is 0 Å². The summed E-state index contributed by atoms with van der Waals surface area (Å²) in [6.45, 7) is 6.51. The molecule has 0 unspecified atom stereocenters. The zero-order valence-electron chi connectivity index (χ0n) is 16.6. The fraction of sp³-hybridized carbons (Fsp3) is 0.182. The third-order valence-electron chi connectivity index (χ3n) is 5.45. The summed E-state index contributed by atoms with van der Waals surface area (Å²) >= 11 is 0. The molecule has 4 aromatic rings. The van der Waals surface area contributed by atoms with Gasteiger partial charge in [-0.25, -0.2) is 9.78 Å². The van der Waals surface area contributed by atoms with Gasteiger partial charge in [-0.1, -0.05) is 18.7 Å². The minimum Gasteiger partial charge on any atom is -0.477 e. The monoisotopic (exact) mass is 417 g/mol. The molecule has 1 aliphatic rings. The average molecular weight is 417 g/mol. The van der Waals surface area contributed by atoms with Crippen LogP contribution in [0.15, 0.2) is 58.4 Å². The number of carboxylic acid groups (broad SMARTS) is 1. The van der Waals surface area contributed by atoms with Crippen molar-refractivity contribution in [2.45, 2.75) is 0 Å². The van der Waals surface area contributed by atoms with Gasteiger partial charge in [0.25, 0.3) is 6.01 Å². The lowest BCUT2D eigenvalue weighted by molar-refractivity contribution is 0.0695. The summed E-state index contributed by atoms with van der Waals surface area (Å²) in [5.74, 6) is -0.565. The summed E-state index contributed by atoms with van der Waals surface area (Å²) in [7, 11) is 0. The van der Waals surface area contributed by atoms with Gasteiger partial charge in [0.1, 0.15) is 22.5 Å². The number of para-hydroxylation sites is 2. The zero-order chi connectivity index (χ0) is 21.5. The van der Waals surface area contributed by atoms with E-state index in [0.29, 0.717) is 43.7 Å². The fourth-order valence-electron chi connectivity index (χ4n) is 3.81. The summed E-state index contributed by atoms with van der Waals surface area (Å²) < 4.78 is 7.33. The molecule has 0 aliphatic carbocycles. The lowest BCUT2D eigenvalue weighted by Crippen LogP contribution is -2.47. The van der Waals surface area contributed by atoms with Crippen molar-refractivity contribution in [2.24, 2.45) is 0 Å². The summed E-state index contributed by atoms with van der Waals surface area (Å²) in [4.78, 5) is 37.2. The minimum absolute atomic E-state index is 0.244. The van der Waals surface area contributed by atoms with Gasteiger partial charge in [0.05, 0.1) is 5.39 Å². The van der Waals surface area contributed by atoms with Crippen molar-refractivity contribution in [2.75, 3.05) is 36.0 Å². The van der Waals surface area contributed by atoms with E-state index in [2.05, 4.69) is 26.3 Å². The third-order valence-corrected chi connectivity index (χ3v) is 5.45. The van der Waals surface area contributed by atoms with Gasteiger partial charge < -0.3 is 23.9 Å². The second-order valence-electron chi connectivity index (χ2n) is 7.25. The number of aromatic carboxylic acids is 1. The third kappa shape index (κ3) is 3.20. The lowest BCUT2D eigenvalue weighted by atomic mass is 10.2. The Kier molecular flexibility index (Phi) is 4.43. The molecular weight excluding hydrogens is 398 g/mol. The smallest absolute Gasteiger partial charge is 0.341 e. The van der Waals surface area contributed by atoms with Crippen molar-refractivity contribution in [3.63, 3.8) is 0 Å². The molecule has 1 saturated heterocycles. The Hall–Kier alpha value is -4.14. The first-order valence-electron chi connectivity index (χ1n) is 9.82. The average Bonchev–Trinajstić information content (AvgIpc) is 3.23. The van der Waals surface area contributed by atoms with Gasteiger partial charge in [0.15, 0.2) is 5.58 Å². The molecule has 0 bridgehead atoms. The van der Waals surface area contributed by atoms with E-state index in [-0.39, 0.29) is 10.9 Å². The van der Waals surface area contributed by atoms with E-state index in [4.69, 9.17) is 4.42 Å². The normalized spacial score (nSPS) is 14.3. The molecule has 0 atom stereocenters. The summed E-state index contributed by atoms with van der Waals surface area (Å²) in [6.07, 6.45) is 2.69. The molecule has 9 heteroatoms. The Morgan fingerprint density at radius 2 is 1.81 bits per heavy atom. The highest BCUT2D eigenvalue weighted by molar-refractivity contribution is 5.92. The van der Waals surface area contributed by atoms with Gasteiger partial charge in [-0.05, 0) is 24.3 Å². The topological polar surface area (TPSA) is 105 Å². The van der Waals surface area contributed by atoms with Crippen LogP contribution < -0.4 is 15.2 Å². The van der Waals surface area contributed by atoms with Crippen LogP contribution in [-0.2, 0) is 0 Å². The maximum atomic E-state index is 12.5. The number of oxazole rings is 1. The number of anilines is 2. The van der Waals surface area contributed by atoms with E-state index in [9.17, 15) is 14.7 Å². The number of carbonyl (C=O) groups is 1. The van der Waals surface area contributed by atoms with E-state index in [1.807, 2.05) is 24.3 Å². The van der Waals surface area contributed by atoms with Gasteiger partial charge in [-0.15, -0.1) is 0 Å². The number of fused-ring (bicyclic) bond motifs is 2. The first-order chi connectivity index (χ1) is 15.0. The maximum Gasteiger partial charge on any atom is 0.341 e. The molecular formula is C22H19N5O4. The van der Waals surface area contributed by atoms with Crippen LogP contribution in [-0.4, -0.2) is 51.8 Å². The number of piperazine rings is 1. The van der Waals surface area contributed by atoms with Crippen LogP contribution in [0.4, 0.5) is 11.8 Å². The molecule has 1 aliphatic heterocycles. The van der Waals surface area contributed by atoms with E-state index >= 15 is 0 Å². The van der Waals surface area contributed by atoms with Crippen LogP contribution in [0.25, 0.3) is 28.3 Å². The number of benzene rings is 1. The standard InChI is InChI=1S/C22H19N5O4/c1-2-25-13-15(21(29)30)19(28)14-7-8-18(24-20(14)25)26-9-11-27(12-10-26)22-23-16-5-3-4-6-17(16)31-22/h2-8,13H,1,9-12H2,(H,29,30). The van der Waals surface area contributed by atoms with Gasteiger partial charge in [0.2, 0.25) is 5.43 Å². The Bertz CT molecular complexity index is 1350. The summed E-state index contributed by atoms with van der Waals surface area (Å²) in [5, 5.41) is 9.52. The van der Waals surface area contributed by atoms with E-state index in [1.54, 1.807) is 12.1 Å². The van der Waals surface area contributed by atoms with E-state index < -0.39 is 11.4 Å². The van der Waals surface area contributed by atoms with Crippen molar-refractivity contribution >= 4 is 46.1 Å². The lowest BCUT2D eigenvalue weighted by Gasteiger charge is -2.34. The number of hydrogen-bond donors (Lipinski definition) is 1. The number of aromatic nitrogens is 3. The molecule has 5 rings (SSSR count). The molecule has 0 saturated carbocycles. The number of hydrogen-bond acceptors (Lipinski definition) is 7. The van der Waals surface area contributed by atoms with Gasteiger partial charge in [-0.3, -0.25) is 4.79 Å². The summed E-state index contributed by atoms with van der Waals surface area (Å²) in [6, 6.07) is 11.7. The molecule has 0 spiro atoms. The largest absolute Gasteiger partial charge is 0.477 e. The van der Waals surface area contributed by atoms with Crippen molar-refractivity contribution in [3.8, 4) is 0 Å². The Balaban J connectivity index is 1.41. The molecule has 0 radical (unpaired) electrons. The molecule has 4 heterocycles. The molecule has 9 nitrogen and oxygen atoms in total. The van der Waals surface area contributed by atoms with Crippen LogP contribution in [0.5, 0.6) is 0 Å². The van der Waals surface area contributed by atoms with Gasteiger partial charge in [0, 0.05) is 38.6 Å². The summed E-state index contributed by atoms with van der Waals surface area (Å²) in [5.41, 5.74) is 1.11. The minimum atomic E-state index is -1.28. The van der Waals surface area contributed by atoms with Gasteiger partial charge >= 0.3 is 5.97 Å². The fourth-order valence-corrected chi connectivity index (χ4v) is 3.81.